The van der Waals surface area contributed by atoms with Gasteiger partial charge in [-0.15, -0.1) is 0 Å². The van der Waals surface area contributed by atoms with Crippen LogP contribution in [0.1, 0.15) is 12.5 Å². The molecule has 2 N–H and O–H groups in total. The molecule has 0 bridgehead atoms. The number of rotatable bonds is 6. The number of halogens is 3. The molecule has 0 saturated heterocycles. The highest BCUT2D eigenvalue weighted by atomic mass is 32.2. The number of sulfonamides is 1. The van der Waals surface area contributed by atoms with Crippen LogP contribution in [0.15, 0.2) is 53.4 Å². The summed E-state index contributed by atoms with van der Waals surface area (Å²) in [5, 5.41) is 2.47. The van der Waals surface area contributed by atoms with Gasteiger partial charge in [-0.25, -0.2) is 8.42 Å². The summed E-state index contributed by atoms with van der Waals surface area (Å²) in [7, 11) is -3.10. The Bertz CT molecular complexity index is 913. The van der Waals surface area contributed by atoms with Gasteiger partial charge in [-0.2, -0.15) is 17.9 Å². The van der Waals surface area contributed by atoms with Gasteiger partial charge < -0.3 is 10.1 Å². The summed E-state index contributed by atoms with van der Waals surface area (Å²) in [6.45, 7) is 1.23. The van der Waals surface area contributed by atoms with Crippen LogP contribution in [0.5, 0.6) is 5.75 Å². The topological polar surface area (TPSA) is 84.5 Å². The van der Waals surface area contributed by atoms with E-state index in [1.807, 2.05) is 4.72 Å². The summed E-state index contributed by atoms with van der Waals surface area (Å²) >= 11 is 0. The van der Waals surface area contributed by atoms with Crippen molar-refractivity contribution < 1.29 is 31.1 Å². The van der Waals surface area contributed by atoms with Gasteiger partial charge in [0.05, 0.1) is 23.6 Å². The lowest BCUT2D eigenvalue weighted by atomic mass is 10.2. The Hall–Kier alpha value is -2.59. The van der Waals surface area contributed by atoms with Gasteiger partial charge in [0.15, 0.2) is 0 Å². The zero-order chi connectivity index (χ0) is 20.2. The first kappa shape index (κ1) is 20.7. The van der Waals surface area contributed by atoms with Gasteiger partial charge in [0.2, 0.25) is 15.9 Å². The minimum atomic E-state index is -4.85. The van der Waals surface area contributed by atoms with Crippen LogP contribution in [0, 0.1) is 0 Å². The Morgan fingerprint density at radius 3 is 2.22 bits per heavy atom. The summed E-state index contributed by atoms with van der Waals surface area (Å²) in [6, 6.07) is 8.70. The lowest BCUT2D eigenvalue weighted by Gasteiger charge is -2.17. The first-order chi connectivity index (χ1) is 12.5. The van der Waals surface area contributed by atoms with Crippen molar-refractivity contribution in [2.24, 2.45) is 0 Å². The van der Waals surface area contributed by atoms with Crippen LogP contribution < -0.4 is 14.8 Å². The molecule has 2 aromatic rings. The summed E-state index contributed by atoms with van der Waals surface area (Å²) in [5.74, 6) is -0.168. The van der Waals surface area contributed by atoms with Crippen LogP contribution in [-0.2, 0) is 21.0 Å². The fraction of sp³-hybridized carbons (Fsp3) is 0.235. The maximum Gasteiger partial charge on any atom is 0.417 e. The smallest absolute Gasteiger partial charge is 0.417 e. The van der Waals surface area contributed by atoms with Gasteiger partial charge in [-0.05, 0) is 43.3 Å². The average molecular weight is 402 g/mol. The molecule has 0 aromatic heterocycles. The molecule has 0 radical (unpaired) electrons. The van der Waals surface area contributed by atoms with Crippen LogP contribution in [-0.4, -0.2) is 27.5 Å². The number of ether oxygens (including phenoxy) is 1. The summed E-state index contributed by atoms with van der Waals surface area (Å²) in [5.41, 5.74) is -0.928. The second kappa shape index (κ2) is 7.97. The SMILES string of the molecule is COc1ccc(NC(=O)[C@@H](C)NS(=O)(=O)c2ccccc2C(F)(F)F)cc1. The van der Waals surface area contributed by atoms with E-state index in [2.05, 4.69) is 5.32 Å². The fourth-order valence-corrected chi connectivity index (χ4v) is 3.64. The Labute approximate surface area is 154 Å². The molecule has 2 rings (SSSR count). The van der Waals surface area contributed by atoms with Crippen molar-refractivity contribution in [3.8, 4) is 5.75 Å². The van der Waals surface area contributed by atoms with Crippen LogP contribution >= 0.6 is 0 Å². The number of nitrogens with one attached hydrogen (secondary N) is 2. The van der Waals surface area contributed by atoms with Crippen LogP contribution in [0.3, 0.4) is 0 Å². The molecule has 0 saturated carbocycles. The molecule has 0 aliphatic rings. The Balaban J connectivity index is 2.16. The molecule has 0 fully saturated rings. The minimum Gasteiger partial charge on any atom is -0.497 e. The molecule has 6 nitrogen and oxygen atoms in total. The van der Waals surface area contributed by atoms with E-state index in [9.17, 15) is 26.4 Å². The molecule has 0 aliphatic carbocycles. The largest absolute Gasteiger partial charge is 0.497 e. The van der Waals surface area contributed by atoms with Crippen LogP contribution in [0.2, 0.25) is 0 Å². The molecule has 10 heteroatoms. The first-order valence-corrected chi connectivity index (χ1v) is 9.16. The molecule has 27 heavy (non-hydrogen) atoms. The third-order valence-corrected chi connectivity index (χ3v) is 5.16. The van der Waals surface area contributed by atoms with Crippen LogP contribution in [0.25, 0.3) is 0 Å². The van der Waals surface area contributed by atoms with E-state index < -0.39 is 38.6 Å². The third-order valence-electron chi connectivity index (χ3n) is 3.56. The summed E-state index contributed by atoms with van der Waals surface area (Å²) in [6.07, 6.45) is -4.85. The van der Waals surface area contributed by atoms with Crippen molar-refractivity contribution >= 4 is 21.6 Å². The molecule has 0 unspecified atom stereocenters. The van der Waals surface area contributed by atoms with E-state index in [1.54, 1.807) is 12.1 Å². The van der Waals surface area contributed by atoms with Gasteiger partial charge in [-0.1, -0.05) is 12.1 Å². The third kappa shape index (κ3) is 5.20. The van der Waals surface area contributed by atoms with E-state index in [4.69, 9.17) is 4.74 Å². The maximum atomic E-state index is 13.0. The highest BCUT2D eigenvalue weighted by Gasteiger charge is 2.37. The number of hydrogen-bond acceptors (Lipinski definition) is 4. The second-order valence-corrected chi connectivity index (χ2v) is 7.24. The van der Waals surface area contributed by atoms with Crippen molar-refractivity contribution in [2.75, 3.05) is 12.4 Å². The monoisotopic (exact) mass is 402 g/mol. The molecule has 0 spiro atoms. The first-order valence-electron chi connectivity index (χ1n) is 7.68. The molecular formula is C17H17F3N2O4S. The lowest BCUT2D eigenvalue weighted by Crippen LogP contribution is -2.42. The minimum absolute atomic E-state index is 0.377. The maximum absolute atomic E-state index is 13.0. The number of anilines is 1. The van der Waals surface area contributed by atoms with E-state index in [1.165, 1.54) is 32.2 Å². The zero-order valence-electron chi connectivity index (χ0n) is 14.4. The molecule has 2 aromatic carbocycles. The Kier molecular flexibility index (Phi) is 6.11. The summed E-state index contributed by atoms with van der Waals surface area (Å²) < 4.78 is 70.8. The Morgan fingerprint density at radius 1 is 1.07 bits per heavy atom. The molecular weight excluding hydrogens is 385 g/mol. The van der Waals surface area contributed by atoms with Gasteiger partial charge in [0.1, 0.15) is 5.75 Å². The quantitative estimate of drug-likeness (QED) is 0.778. The second-order valence-electron chi connectivity index (χ2n) is 5.55. The van der Waals surface area contributed by atoms with Crippen molar-refractivity contribution in [1.82, 2.24) is 4.72 Å². The molecule has 0 heterocycles. The predicted octanol–water partition coefficient (Wildman–Crippen LogP) is 3.02. The number of amides is 1. The number of hydrogen-bond donors (Lipinski definition) is 2. The van der Waals surface area contributed by atoms with Gasteiger partial charge in [0, 0.05) is 5.69 Å². The Morgan fingerprint density at radius 2 is 1.67 bits per heavy atom. The van der Waals surface area contributed by atoms with E-state index in [0.717, 1.165) is 12.1 Å². The van der Waals surface area contributed by atoms with Crippen molar-refractivity contribution in [3.05, 3.63) is 54.1 Å². The normalized spacial score (nSPS) is 13.1. The van der Waals surface area contributed by atoms with Crippen molar-refractivity contribution in [3.63, 3.8) is 0 Å². The van der Waals surface area contributed by atoms with Crippen molar-refractivity contribution in [2.45, 2.75) is 24.0 Å². The summed E-state index contributed by atoms with van der Waals surface area (Å²) in [4.78, 5) is 11.2. The van der Waals surface area contributed by atoms with E-state index >= 15 is 0 Å². The van der Waals surface area contributed by atoms with Crippen molar-refractivity contribution in [1.29, 1.82) is 0 Å². The number of carbonyl (C=O) groups excluding carboxylic acids is 1. The predicted molar refractivity (Wildman–Crippen MR) is 92.9 cm³/mol. The standard InChI is InChI=1S/C17H17F3N2O4S/c1-11(16(23)21-12-7-9-13(26-2)10-8-12)22-27(24,25)15-6-4-3-5-14(15)17(18,19)20/h3-11,22H,1-2H3,(H,21,23)/t11-/m1/s1. The van der Waals surface area contributed by atoms with Gasteiger partial charge in [-0.3, -0.25) is 4.79 Å². The number of methoxy groups -OCH3 is 1. The van der Waals surface area contributed by atoms with E-state index in [0.29, 0.717) is 17.5 Å². The average Bonchev–Trinajstić information content (AvgIpc) is 2.61. The van der Waals surface area contributed by atoms with Gasteiger partial charge in [0.25, 0.3) is 0 Å². The molecule has 1 atom stereocenters. The lowest BCUT2D eigenvalue weighted by molar-refractivity contribution is -0.139. The van der Waals surface area contributed by atoms with Crippen LogP contribution in [0.4, 0.5) is 18.9 Å². The molecule has 146 valence electrons. The highest BCUT2D eigenvalue weighted by Crippen LogP contribution is 2.33. The zero-order valence-corrected chi connectivity index (χ0v) is 15.2. The highest BCUT2D eigenvalue weighted by molar-refractivity contribution is 7.89. The number of alkyl halides is 3. The van der Waals surface area contributed by atoms with Gasteiger partial charge >= 0.3 is 6.18 Å². The molecule has 0 aliphatic heterocycles. The fourth-order valence-electron chi connectivity index (χ4n) is 2.21. The number of carbonyl (C=O) groups is 1. The number of benzene rings is 2. The van der Waals surface area contributed by atoms with E-state index in [-0.39, 0.29) is 0 Å². The molecule has 1 amide bonds.